The summed E-state index contributed by atoms with van der Waals surface area (Å²) in [6.07, 6.45) is 3.24. The predicted octanol–water partition coefficient (Wildman–Crippen LogP) is 0.132. The Morgan fingerprint density at radius 3 is 2.65 bits per heavy atom. The first-order valence-corrected chi connectivity index (χ1v) is 5.57. The first-order chi connectivity index (χ1) is 8.02. The van der Waals surface area contributed by atoms with Gasteiger partial charge in [-0.2, -0.15) is 4.39 Å². The van der Waals surface area contributed by atoms with Crippen molar-refractivity contribution >= 4 is 0 Å². The van der Waals surface area contributed by atoms with E-state index in [4.69, 9.17) is 0 Å². The van der Waals surface area contributed by atoms with Crippen molar-refractivity contribution in [2.45, 2.75) is 25.9 Å². The third kappa shape index (κ3) is 2.45. The van der Waals surface area contributed by atoms with E-state index in [2.05, 4.69) is 4.98 Å². The average Bonchev–Trinajstić information content (AvgIpc) is 2.31. The van der Waals surface area contributed by atoms with E-state index in [1.54, 1.807) is 0 Å². The molecular weight excluding hydrogens is 229 g/mol. The van der Waals surface area contributed by atoms with Crippen LogP contribution in [0.4, 0.5) is 4.39 Å². The van der Waals surface area contributed by atoms with Crippen LogP contribution in [0.1, 0.15) is 19.3 Å². The third-order valence-corrected chi connectivity index (χ3v) is 3.05. The summed E-state index contributed by atoms with van der Waals surface area (Å²) >= 11 is 0. The van der Waals surface area contributed by atoms with Gasteiger partial charge in [0.2, 0.25) is 5.82 Å². The zero-order valence-electron chi connectivity index (χ0n) is 9.32. The Kier molecular flexibility index (Phi) is 3.12. The monoisotopic (exact) mass is 243 g/mol. The number of aromatic nitrogens is 2. The summed E-state index contributed by atoms with van der Waals surface area (Å²) in [5.41, 5.74) is -1.78. The number of H-pyrrole nitrogens is 1. The van der Waals surface area contributed by atoms with E-state index >= 15 is 0 Å². The first-order valence-electron chi connectivity index (χ1n) is 5.57. The maximum Gasteiger partial charge on any atom is 0.333 e. The van der Waals surface area contributed by atoms with Gasteiger partial charge in [0.1, 0.15) is 0 Å². The van der Waals surface area contributed by atoms with Crippen molar-refractivity contribution in [2.24, 2.45) is 0 Å². The summed E-state index contributed by atoms with van der Waals surface area (Å²) in [6.45, 7) is 0.413. The van der Waals surface area contributed by atoms with E-state index in [1.807, 2.05) is 0 Å². The number of nitrogens with one attached hydrogen (secondary N) is 1. The van der Waals surface area contributed by atoms with Crippen molar-refractivity contribution in [1.82, 2.24) is 9.55 Å². The fourth-order valence-electron chi connectivity index (χ4n) is 2.10. The van der Waals surface area contributed by atoms with Crippen molar-refractivity contribution in [3.8, 4) is 0 Å². The second-order valence-corrected chi connectivity index (χ2v) is 4.38. The molecule has 0 aliphatic carbocycles. The number of piperidine rings is 1. The topological polar surface area (TPSA) is 77.9 Å². The quantitative estimate of drug-likeness (QED) is 0.592. The van der Waals surface area contributed by atoms with Crippen LogP contribution in [-0.4, -0.2) is 27.3 Å². The number of nitrogens with zero attached hydrogens (tertiary/aromatic N) is 2. The van der Waals surface area contributed by atoms with Crippen LogP contribution in [0, 0.1) is 11.0 Å². The van der Waals surface area contributed by atoms with Gasteiger partial charge in [0, 0.05) is 6.20 Å². The predicted molar refractivity (Wildman–Crippen MR) is 58.5 cm³/mol. The van der Waals surface area contributed by atoms with Crippen LogP contribution in [0.15, 0.2) is 15.8 Å². The van der Waals surface area contributed by atoms with Gasteiger partial charge in [-0.1, -0.05) is 0 Å². The minimum atomic E-state index is -1.05. The molecule has 0 radical (unpaired) electrons. The average molecular weight is 243 g/mol. The number of likely N-dealkylation sites (tertiary alicyclic amines) is 1. The minimum Gasteiger partial charge on any atom is -0.631 e. The lowest BCUT2D eigenvalue weighted by Crippen LogP contribution is -2.52. The van der Waals surface area contributed by atoms with E-state index in [9.17, 15) is 19.2 Å². The van der Waals surface area contributed by atoms with Gasteiger partial charge in [-0.3, -0.25) is 4.79 Å². The molecule has 2 heterocycles. The SMILES string of the molecule is O=c1[nH]cc(F)c(=O)n1C[N+]1([O-])CCCCC1. The Balaban J connectivity index is 2.32. The molecule has 1 saturated heterocycles. The highest BCUT2D eigenvalue weighted by Gasteiger charge is 2.23. The summed E-state index contributed by atoms with van der Waals surface area (Å²) in [6, 6.07) is 0. The minimum absolute atomic E-state index is 0.314. The zero-order valence-corrected chi connectivity index (χ0v) is 9.32. The fourth-order valence-corrected chi connectivity index (χ4v) is 2.10. The van der Waals surface area contributed by atoms with Gasteiger partial charge in [-0.05, 0) is 19.3 Å². The molecule has 1 aromatic rings. The number of rotatable bonds is 2. The molecule has 1 N–H and O–H groups in total. The summed E-state index contributed by atoms with van der Waals surface area (Å²) in [5, 5.41) is 12.2. The molecule has 0 saturated carbocycles. The molecule has 0 unspecified atom stereocenters. The van der Waals surface area contributed by atoms with Crippen LogP contribution in [0.3, 0.4) is 0 Å². The number of halogens is 1. The largest absolute Gasteiger partial charge is 0.631 e. The van der Waals surface area contributed by atoms with E-state index < -0.39 is 21.7 Å². The third-order valence-electron chi connectivity index (χ3n) is 3.05. The molecule has 0 atom stereocenters. The number of aromatic amines is 1. The Bertz CT molecular complexity index is 516. The lowest BCUT2D eigenvalue weighted by Gasteiger charge is -2.45. The van der Waals surface area contributed by atoms with Gasteiger partial charge in [0.05, 0.1) is 13.1 Å². The molecule has 0 aromatic carbocycles. The van der Waals surface area contributed by atoms with Gasteiger partial charge >= 0.3 is 5.69 Å². The van der Waals surface area contributed by atoms with Crippen LogP contribution in [0.2, 0.25) is 0 Å². The molecule has 2 rings (SSSR count). The van der Waals surface area contributed by atoms with Crippen molar-refractivity contribution in [1.29, 1.82) is 0 Å². The maximum absolute atomic E-state index is 13.0. The summed E-state index contributed by atoms with van der Waals surface area (Å²) in [7, 11) is 0. The van der Waals surface area contributed by atoms with Gasteiger partial charge in [0.25, 0.3) is 5.56 Å². The summed E-state index contributed by atoms with van der Waals surface area (Å²) < 4.78 is 13.0. The normalized spacial score (nSPS) is 19.2. The molecule has 1 aromatic heterocycles. The van der Waals surface area contributed by atoms with E-state index in [-0.39, 0.29) is 6.67 Å². The molecule has 0 bridgehead atoms. The first kappa shape index (κ1) is 12.0. The fraction of sp³-hybridized carbons (Fsp3) is 0.600. The van der Waals surface area contributed by atoms with Gasteiger partial charge in [-0.15, -0.1) is 0 Å². The molecule has 7 heteroatoms. The summed E-state index contributed by atoms with van der Waals surface area (Å²) in [4.78, 5) is 24.9. The van der Waals surface area contributed by atoms with Gasteiger partial charge in [-0.25, -0.2) is 9.36 Å². The number of hydrogen-bond donors (Lipinski definition) is 1. The van der Waals surface area contributed by atoms with E-state index in [0.29, 0.717) is 23.9 Å². The lowest BCUT2D eigenvalue weighted by atomic mass is 10.1. The zero-order chi connectivity index (χ0) is 12.5. The molecule has 0 amide bonds. The highest BCUT2D eigenvalue weighted by Crippen LogP contribution is 2.17. The van der Waals surface area contributed by atoms with E-state index in [1.165, 1.54) is 0 Å². The molecule has 94 valence electrons. The molecular formula is C10H14FN3O3. The standard InChI is InChI=1S/C10H14FN3O3/c11-8-6-12-10(16)13(9(8)15)7-14(17)4-2-1-3-5-14/h6H,1-5,7H2,(H,12,16). The molecule has 1 fully saturated rings. The van der Waals surface area contributed by atoms with Crippen molar-refractivity contribution in [3.63, 3.8) is 0 Å². The molecule has 6 nitrogen and oxygen atoms in total. The molecule has 1 aliphatic heterocycles. The Morgan fingerprint density at radius 2 is 2.00 bits per heavy atom. The van der Waals surface area contributed by atoms with Crippen molar-refractivity contribution in [2.75, 3.05) is 13.1 Å². The molecule has 1 aliphatic rings. The van der Waals surface area contributed by atoms with E-state index in [0.717, 1.165) is 19.3 Å². The van der Waals surface area contributed by atoms with Gasteiger partial charge in [0.15, 0.2) is 6.67 Å². The van der Waals surface area contributed by atoms with Gasteiger partial charge < -0.3 is 14.8 Å². The number of quaternary nitrogens is 1. The maximum atomic E-state index is 13.0. The van der Waals surface area contributed by atoms with Crippen LogP contribution < -0.4 is 11.2 Å². The highest BCUT2D eigenvalue weighted by atomic mass is 19.1. The summed E-state index contributed by atoms with van der Waals surface area (Å²) in [5.74, 6) is -1.05. The highest BCUT2D eigenvalue weighted by molar-refractivity contribution is 4.86. The van der Waals surface area contributed by atoms with Crippen molar-refractivity contribution in [3.05, 3.63) is 38.1 Å². The number of hydrogen-bond acceptors (Lipinski definition) is 3. The number of hydroxylamine groups is 3. The second kappa shape index (κ2) is 4.42. The second-order valence-electron chi connectivity index (χ2n) is 4.38. The molecule has 0 spiro atoms. The van der Waals surface area contributed by atoms with Crippen molar-refractivity contribution < 1.29 is 9.04 Å². The smallest absolute Gasteiger partial charge is 0.333 e. The van der Waals surface area contributed by atoms with Crippen LogP contribution in [-0.2, 0) is 6.67 Å². The Hall–Kier alpha value is -1.47. The van der Waals surface area contributed by atoms with Crippen LogP contribution in [0.5, 0.6) is 0 Å². The Labute approximate surface area is 96.5 Å². The van der Waals surface area contributed by atoms with Crippen LogP contribution >= 0.6 is 0 Å². The molecule has 17 heavy (non-hydrogen) atoms. The Morgan fingerprint density at radius 1 is 1.35 bits per heavy atom. The van der Waals surface area contributed by atoms with Crippen LogP contribution in [0.25, 0.3) is 0 Å². The lowest BCUT2D eigenvalue weighted by molar-refractivity contribution is -0.907.